The number of aromatic nitrogens is 2. The fourth-order valence-electron chi connectivity index (χ4n) is 3.08. The van der Waals surface area contributed by atoms with Gasteiger partial charge >= 0.3 is 0 Å². The van der Waals surface area contributed by atoms with Gasteiger partial charge in [0.05, 0.1) is 13.2 Å². The number of morpholine rings is 1. The maximum absolute atomic E-state index is 12.8. The molecule has 122 valence electrons. The molecule has 0 radical (unpaired) electrons. The summed E-state index contributed by atoms with van der Waals surface area (Å²) in [6, 6.07) is 5.82. The largest absolute Gasteiger partial charge is 0.379 e. The molecule has 8 heteroatoms. The molecule has 0 aliphatic carbocycles. The van der Waals surface area contributed by atoms with Crippen molar-refractivity contribution >= 4 is 21.2 Å². The maximum atomic E-state index is 12.8. The molecule has 0 bridgehead atoms. The molecular formula is C15H18N4O3S. The van der Waals surface area contributed by atoms with Gasteiger partial charge in [-0.05, 0) is 23.8 Å². The molecule has 0 N–H and O–H groups in total. The molecule has 2 aliphatic rings. The molecule has 1 fully saturated rings. The van der Waals surface area contributed by atoms with Crippen LogP contribution in [0.4, 0.5) is 0 Å². The van der Waals surface area contributed by atoms with Gasteiger partial charge in [0.1, 0.15) is 0 Å². The lowest BCUT2D eigenvalue weighted by Crippen LogP contribution is -2.49. The summed E-state index contributed by atoms with van der Waals surface area (Å²) >= 11 is 0. The lowest BCUT2D eigenvalue weighted by molar-refractivity contribution is 0.0698. The van der Waals surface area contributed by atoms with E-state index in [1.54, 1.807) is 10.5 Å². The van der Waals surface area contributed by atoms with Crippen molar-refractivity contribution in [3.05, 3.63) is 35.7 Å². The van der Waals surface area contributed by atoms with E-state index in [4.69, 9.17) is 4.74 Å². The molecule has 2 aromatic rings. The number of hydrogen-bond donors (Lipinski definition) is 0. The maximum Gasteiger partial charge on any atom is 0.282 e. The summed E-state index contributed by atoms with van der Waals surface area (Å²) in [5, 5.41) is 0.942. The molecule has 2 aromatic heterocycles. The average molecular weight is 334 g/mol. The SMILES string of the molecule is O=S(=O)(N1CCOCC1)N1CCc2nc3ncccc3cc2C1. The zero-order valence-electron chi connectivity index (χ0n) is 12.7. The summed E-state index contributed by atoms with van der Waals surface area (Å²) in [5.74, 6) is 0. The summed E-state index contributed by atoms with van der Waals surface area (Å²) in [6.07, 6.45) is 2.34. The van der Waals surface area contributed by atoms with Crippen molar-refractivity contribution in [1.29, 1.82) is 0 Å². The zero-order valence-corrected chi connectivity index (χ0v) is 13.5. The topological polar surface area (TPSA) is 75.6 Å². The lowest BCUT2D eigenvalue weighted by atomic mass is 10.1. The molecule has 1 saturated heterocycles. The highest BCUT2D eigenvalue weighted by Crippen LogP contribution is 2.24. The van der Waals surface area contributed by atoms with Crippen LogP contribution < -0.4 is 0 Å². The van der Waals surface area contributed by atoms with Gasteiger partial charge < -0.3 is 4.74 Å². The van der Waals surface area contributed by atoms with Gasteiger partial charge in [-0.25, -0.2) is 9.97 Å². The van der Waals surface area contributed by atoms with E-state index in [0.717, 1.165) is 22.3 Å². The van der Waals surface area contributed by atoms with Crippen molar-refractivity contribution in [2.75, 3.05) is 32.8 Å². The van der Waals surface area contributed by atoms with E-state index < -0.39 is 10.2 Å². The van der Waals surface area contributed by atoms with Crippen LogP contribution in [0.3, 0.4) is 0 Å². The Hall–Kier alpha value is -1.61. The number of fused-ring (bicyclic) bond motifs is 2. The average Bonchev–Trinajstić information content (AvgIpc) is 2.60. The highest BCUT2D eigenvalue weighted by atomic mass is 32.2. The van der Waals surface area contributed by atoms with Gasteiger partial charge in [-0.3, -0.25) is 0 Å². The van der Waals surface area contributed by atoms with Crippen LogP contribution in [0, 0.1) is 0 Å². The Morgan fingerprint density at radius 3 is 2.78 bits per heavy atom. The lowest BCUT2D eigenvalue weighted by Gasteiger charge is -2.34. The molecule has 2 aliphatic heterocycles. The molecule has 0 amide bonds. The third kappa shape index (κ3) is 2.72. The van der Waals surface area contributed by atoms with Crippen LogP contribution in [0.2, 0.25) is 0 Å². The van der Waals surface area contributed by atoms with E-state index in [0.29, 0.717) is 45.8 Å². The fraction of sp³-hybridized carbons (Fsp3) is 0.467. The minimum absolute atomic E-state index is 0.368. The summed E-state index contributed by atoms with van der Waals surface area (Å²) in [7, 11) is -3.44. The Kier molecular flexibility index (Phi) is 3.76. The fourth-order valence-corrected chi connectivity index (χ4v) is 4.64. The van der Waals surface area contributed by atoms with Crippen LogP contribution >= 0.6 is 0 Å². The van der Waals surface area contributed by atoms with Gasteiger partial charge in [0.15, 0.2) is 5.65 Å². The van der Waals surface area contributed by atoms with Crippen LogP contribution in [-0.2, 0) is 27.9 Å². The molecule has 0 unspecified atom stereocenters. The van der Waals surface area contributed by atoms with Crippen LogP contribution in [-0.4, -0.2) is 59.8 Å². The number of hydrogen-bond acceptors (Lipinski definition) is 5. The third-order valence-electron chi connectivity index (χ3n) is 4.33. The molecule has 4 heterocycles. The third-order valence-corrected chi connectivity index (χ3v) is 6.31. The normalized spacial score (nSPS) is 20.5. The first kappa shape index (κ1) is 14.9. The minimum atomic E-state index is -3.44. The predicted molar refractivity (Wildman–Crippen MR) is 85.0 cm³/mol. The number of ether oxygens (including phenoxy) is 1. The van der Waals surface area contributed by atoms with Gasteiger partial charge in [0.25, 0.3) is 10.2 Å². The van der Waals surface area contributed by atoms with E-state index in [1.807, 2.05) is 18.2 Å². The predicted octanol–water partition coefficient (Wildman–Crippen LogP) is 0.565. The number of nitrogens with zero attached hydrogens (tertiary/aromatic N) is 4. The van der Waals surface area contributed by atoms with Gasteiger partial charge in [-0.15, -0.1) is 0 Å². The van der Waals surface area contributed by atoms with Crippen molar-refractivity contribution in [3.8, 4) is 0 Å². The number of pyridine rings is 2. The van der Waals surface area contributed by atoms with Crippen molar-refractivity contribution in [1.82, 2.24) is 18.6 Å². The second-order valence-corrected chi connectivity index (χ2v) is 7.68. The quantitative estimate of drug-likeness (QED) is 0.802. The monoisotopic (exact) mass is 334 g/mol. The molecule has 0 aromatic carbocycles. The molecule has 4 rings (SSSR count). The van der Waals surface area contributed by atoms with Crippen LogP contribution in [0.15, 0.2) is 24.4 Å². The van der Waals surface area contributed by atoms with E-state index in [1.165, 1.54) is 4.31 Å². The second-order valence-electron chi connectivity index (χ2n) is 5.75. The Morgan fingerprint density at radius 1 is 1.13 bits per heavy atom. The van der Waals surface area contributed by atoms with Gasteiger partial charge in [-0.1, -0.05) is 0 Å². The highest BCUT2D eigenvalue weighted by Gasteiger charge is 2.33. The Morgan fingerprint density at radius 2 is 1.96 bits per heavy atom. The van der Waals surface area contributed by atoms with Crippen molar-refractivity contribution in [3.63, 3.8) is 0 Å². The van der Waals surface area contributed by atoms with E-state index in [9.17, 15) is 8.42 Å². The van der Waals surface area contributed by atoms with Gasteiger partial charge in [0, 0.05) is 49.9 Å². The Labute approximate surface area is 135 Å². The Bertz CT molecular complexity index is 834. The van der Waals surface area contributed by atoms with Crippen LogP contribution in [0.1, 0.15) is 11.3 Å². The molecule has 23 heavy (non-hydrogen) atoms. The molecular weight excluding hydrogens is 316 g/mol. The first-order valence-corrected chi connectivity index (χ1v) is 9.11. The van der Waals surface area contributed by atoms with Crippen molar-refractivity contribution < 1.29 is 13.2 Å². The van der Waals surface area contributed by atoms with Crippen molar-refractivity contribution in [2.45, 2.75) is 13.0 Å². The summed E-state index contributed by atoms with van der Waals surface area (Å²) in [5.41, 5.74) is 2.63. The number of rotatable bonds is 2. The van der Waals surface area contributed by atoms with Crippen LogP contribution in [0.5, 0.6) is 0 Å². The second kappa shape index (κ2) is 5.79. The molecule has 0 saturated carbocycles. The van der Waals surface area contributed by atoms with E-state index >= 15 is 0 Å². The molecule has 7 nitrogen and oxygen atoms in total. The van der Waals surface area contributed by atoms with Gasteiger partial charge in [0.2, 0.25) is 0 Å². The zero-order chi connectivity index (χ0) is 15.9. The summed E-state index contributed by atoms with van der Waals surface area (Å²) in [4.78, 5) is 8.84. The Balaban J connectivity index is 1.64. The van der Waals surface area contributed by atoms with Crippen LogP contribution in [0.25, 0.3) is 11.0 Å². The van der Waals surface area contributed by atoms with E-state index in [-0.39, 0.29) is 0 Å². The van der Waals surface area contributed by atoms with Crippen molar-refractivity contribution in [2.24, 2.45) is 0 Å². The smallest absolute Gasteiger partial charge is 0.282 e. The first-order chi connectivity index (χ1) is 11.1. The first-order valence-electron chi connectivity index (χ1n) is 7.71. The summed E-state index contributed by atoms with van der Waals surface area (Å²) in [6.45, 7) is 2.59. The molecule has 0 atom stereocenters. The van der Waals surface area contributed by atoms with Gasteiger partial charge in [-0.2, -0.15) is 17.0 Å². The highest BCUT2D eigenvalue weighted by molar-refractivity contribution is 7.86. The standard InChI is InChI=1S/C15H18N4O3S/c20-23(21,18-6-8-22-9-7-18)19-5-3-14-13(11-19)10-12-2-1-4-16-15(12)17-14/h1-2,4,10H,3,5-9,11H2. The molecule has 0 spiro atoms. The van der Waals surface area contributed by atoms with E-state index in [2.05, 4.69) is 9.97 Å². The summed E-state index contributed by atoms with van der Waals surface area (Å²) < 4.78 is 33.9. The minimum Gasteiger partial charge on any atom is -0.379 e.